The van der Waals surface area contributed by atoms with Crippen LogP contribution in [0, 0.1) is 5.41 Å². The van der Waals surface area contributed by atoms with E-state index in [0.29, 0.717) is 12.8 Å². The maximum absolute atomic E-state index is 12.0. The summed E-state index contributed by atoms with van der Waals surface area (Å²) >= 11 is 0. The van der Waals surface area contributed by atoms with Crippen molar-refractivity contribution in [3.63, 3.8) is 0 Å². The van der Waals surface area contributed by atoms with E-state index in [-0.39, 0.29) is 18.2 Å². The number of rotatable bonds is 8. The number of aliphatic carboxylic acids is 1. The monoisotopic (exact) mass is 435 g/mol. The lowest BCUT2D eigenvalue weighted by Crippen LogP contribution is -2.41. The van der Waals surface area contributed by atoms with Gasteiger partial charge in [-0.3, -0.25) is 4.79 Å². The minimum absolute atomic E-state index is 0.144. The highest BCUT2D eigenvalue weighted by Crippen LogP contribution is 2.43. The predicted molar refractivity (Wildman–Crippen MR) is 126 cm³/mol. The van der Waals surface area contributed by atoms with Crippen LogP contribution in [0.2, 0.25) is 0 Å². The van der Waals surface area contributed by atoms with Gasteiger partial charge in [-0.05, 0) is 75.3 Å². The molecule has 1 aliphatic carbocycles. The molecule has 1 fully saturated rings. The lowest BCUT2D eigenvalue weighted by Gasteiger charge is -2.31. The molecule has 0 amide bonds. The van der Waals surface area contributed by atoms with Crippen molar-refractivity contribution in [3.8, 4) is 5.75 Å². The summed E-state index contributed by atoms with van der Waals surface area (Å²) in [4.78, 5) is 18.4. The van der Waals surface area contributed by atoms with E-state index < -0.39 is 11.4 Å². The summed E-state index contributed by atoms with van der Waals surface area (Å²) in [7, 11) is 4.18. The summed E-state index contributed by atoms with van der Waals surface area (Å²) in [6.07, 6.45) is 8.58. The minimum Gasteiger partial charge on any atom is -0.490 e. The SMILES string of the molecule is CC(C(c1ccc2cc(OC(C)C3(C(=O)O)CCCC3)ccc2c1)n1ccnc1)N(C)C. The standard InChI is InChI=1S/C26H33N3O3/c1-18(28(3)4)24(29-14-13-27-17-29)22-8-7-21-16-23(10-9-20(21)15-22)32-19(2)26(25(30)31)11-5-6-12-26/h7-10,13-19,24H,5-6,11-12H2,1-4H3,(H,30,31). The first-order valence-electron chi connectivity index (χ1n) is 11.4. The Kier molecular flexibility index (Phi) is 6.24. The van der Waals surface area contributed by atoms with Gasteiger partial charge in [0.25, 0.3) is 0 Å². The van der Waals surface area contributed by atoms with E-state index in [1.165, 1.54) is 5.56 Å². The fourth-order valence-electron chi connectivity index (χ4n) is 5.03. The van der Waals surface area contributed by atoms with Crippen molar-refractivity contribution in [1.82, 2.24) is 14.5 Å². The van der Waals surface area contributed by atoms with Crippen LogP contribution in [-0.2, 0) is 4.79 Å². The Morgan fingerprint density at radius 1 is 1.12 bits per heavy atom. The normalized spacial score (nSPS) is 18.5. The molecule has 1 N–H and O–H groups in total. The summed E-state index contributed by atoms with van der Waals surface area (Å²) in [6.45, 7) is 4.11. The zero-order valence-corrected chi connectivity index (χ0v) is 19.4. The van der Waals surface area contributed by atoms with Crippen molar-refractivity contribution in [2.75, 3.05) is 14.1 Å². The van der Waals surface area contributed by atoms with Gasteiger partial charge in [0.2, 0.25) is 0 Å². The number of imidazole rings is 1. The highest BCUT2D eigenvalue weighted by molar-refractivity contribution is 5.84. The zero-order valence-electron chi connectivity index (χ0n) is 19.4. The number of carboxylic acid groups (broad SMARTS) is 1. The van der Waals surface area contributed by atoms with Crippen molar-refractivity contribution in [2.45, 2.75) is 57.7 Å². The van der Waals surface area contributed by atoms with Crippen molar-refractivity contribution >= 4 is 16.7 Å². The summed E-state index contributed by atoms with van der Waals surface area (Å²) in [5.41, 5.74) is 0.439. The summed E-state index contributed by atoms with van der Waals surface area (Å²) in [5.74, 6) is -0.0217. The van der Waals surface area contributed by atoms with Crippen molar-refractivity contribution in [3.05, 3.63) is 60.7 Å². The second kappa shape index (κ2) is 8.94. The third-order valence-electron chi connectivity index (χ3n) is 7.31. The van der Waals surface area contributed by atoms with Gasteiger partial charge >= 0.3 is 5.97 Å². The smallest absolute Gasteiger partial charge is 0.313 e. The van der Waals surface area contributed by atoms with Crippen LogP contribution in [0.25, 0.3) is 10.8 Å². The van der Waals surface area contributed by atoms with Gasteiger partial charge < -0.3 is 19.3 Å². The quantitative estimate of drug-likeness (QED) is 0.540. The minimum atomic E-state index is -0.779. The van der Waals surface area contributed by atoms with E-state index in [2.05, 4.69) is 59.7 Å². The molecule has 6 nitrogen and oxygen atoms in total. The molecule has 1 aromatic heterocycles. The maximum atomic E-state index is 12.0. The van der Waals surface area contributed by atoms with Crippen molar-refractivity contribution in [2.24, 2.45) is 5.41 Å². The first-order valence-corrected chi connectivity index (χ1v) is 11.4. The summed E-state index contributed by atoms with van der Waals surface area (Å²) < 4.78 is 8.33. The second-order valence-corrected chi connectivity index (χ2v) is 9.36. The molecule has 3 atom stereocenters. The molecule has 0 bridgehead atoms. The number of ether oxygens (including phenoxy) is 1. The Morgan fingerprint density at radius 2 is 1.81 bits per heavy atom. The Labute approximate surface area is 189 Å². The Morgan fingerprint density at radius 3 is 2.44 bits per heavy atom. The number of benzene rings is 2. The highest BCUT2D eigenvalue weighted by atomic mass is 16.5. The molecule has 3 unspecified atom stereocenters. The molecule has 2 aromatic carbocycles. The van der Waals surface area contributed by atoms with Crippen molar-refractivity contribution in [1.29, 1.82) is 0 Å². The highest BCUT2D eigenvalue weighted by Gasteiger charge is 2.47. The molecule has 0 aliphatic heterocycles. The number of likely N-dealkylation sites (N-methyl/N-ethyl adjacent to an activating group) is 1. The van der Waals surface area contributed by atoms with Crippen LogP contribution in [0.1, 0.15) is 51.1 Å². The van der Waals surface area contributed by atoms with Gasteiger partial charge in [0, 0.05) is 18.4 Å². The number of carbonyl (C=O) groups is 1. The molecule has 32 heavy (non-hydrogen) atoms. The second-order valence-electron chi connectivity index (χ2n) is 9.36. The molecule has 0 saturated heterocycles. The molecular weight excluding hydrogens is 402 g/mol. The average molecular weight is 436 g/mol. The van der Waals surface area contributed by atoms with Gasteiger partial charge in [-0.15, -0.1) is 0 Å². The molecule has 3 aromatic rings. The largest absolute Gasteiger partial charge is 0.490 e. The number of fused-ring (bicyclic) bond motifs is 1. The summed E-state index contributed by atoms with van der Waals surface area (Å²) in [5, 5.41) is 12.1. The van der Waals surface area contributed by atoms with E-state index in [4.69, 9.17) is 4.74 Å². The number of carboxylic acids is 1. The van der Waals surface area contributed by atoms with E-state index in [1.54, 1.807) is 0 Å². The van der Waals surface area contributed by atoms with Gasteiger partial charge in [-0.2, -0.15) is 0 Å². The maximum Gasteiger partial charge on any atom is 0.313 e. The average Bonchev–Trinajstić information content (AvgIpc) is 3.47. The molecule has 1 heterocycles. The van der Waals surface area contributed by atoms with Crippen molar-refractivity contribution < 1.29 is 14.6 Å². The van der Waals surface area contributed by atoms with Crippen LogP contribution in [-0.4, -0.2) is 51.8 Å². The molecular formula is C26H33N3O3. The molecule has 0 spiro atoms. The third kappa shape index (κ3) is 4.11. The molecule has 6 heteroatoms. The van der Waals surface area contributed by atoms with E-state index in [9.17, 15) is 9.90 Å². The van der Waals surface area contributed by atoms with Gasteiger partial charge in [0.1, 0.15) is 17.3 Å². The van der Waals surface area contributed by atoms with Gasteiger partial charge in [-0.25, -0.2) is 4.98 Å². The van der Waals surface area contributed by atoms with Crippen LogP contribution in [0.4, 0.5) is 0 Å². The van der Waals surface area contributed by atoms with E-state index in [1.807, 2.05) is 37.8 Å². The van der Waals surface area contributed by atoms with Crippen LogP contribution in [0.15, 0.2) is 55.1 Å². The fraction of sp³-hybridized carbons (Fsp3) is 0.462. The molecule has 170 valence electrons. The first kappa shape index (κ1) is 22.3. The molecule has 0 radical (unpaired) electrons. The third-order valence-corrected chi connectivity index (χ3v) is 7.31. The van der Waals surface area contributed by atoms with Gasteiger partial charge in [0.15, 0.2) is 0 Å². The number of hydrogen-bond acceptors (Lipinski definition) is 4. The Bertz CT molecular complexity index is 1070. The first-order chi connectivity index (χ1) is 15.3. The topological polar surface area (TPSA) is 67.6 Å². The van der Waals surface area contributed by atoms with Crippen LogP contribution in [0.5, 0.6) is 5.75 Å². The van der Waals surface area contributed by atoms with Gasteiger partial charge in [-0.1, -0.05) is 31.0 Å². The fourth-order valence-corrected chi connectivity index (χ4v) is 5.03. The zero-order chi connectivity index (χ0) is 22.9. The molecule has 1 aliphatic rings. The number of hydrogen-bond donors (Lipinski definition) is 1. The van der Waals surface area contributed by atoms with Crippen LogP contribution in [0.3, 0.4) is 0 Å². The number of aromatic nitrogens is 2. The lowest BCUT2D eigenvalue weighted by molar-refractivity contribution is -0.154. The molecule has 1 saturated carbocycles. The Hall–Kier alpha value is -2.86. The summed E-state index contributed by atoms with van der Waals surface area (Å²) in [6, 6.07) is 13.0. The van der Waals surface area contributed by atoms with E-state index in [0.717, 1.165) is 29.4 Å². The van der Waals surface area contributed by atoms with Crippen LogP contribution < -0.4 is 4.74 Å². The van der Waals surface area contributed by atoms with Gasteiger partial charge in [0.05, 0.1) is 12.4 Å². The Balaban J connectivity index is 1.61. The molecule has 4 rings (SSSR count). The van der Waals surface area contributed by atoms with Crippen LogP contribution >= 0.6 is 0 Å². The predicted octanol–water partition coefficient (Wildman–Crippen LogP) is 4.99. The number of nitrogens with zero attached hydrogens (tertiary/aromatic N) is 3. The lowest BCUT2D eigenvalue weighted by atomic mass is 9.81. The van der Waals surface area contributed by atoms with E-state index >= 15 is 0 Å².